The summed E-state index contributed by atoms with van der Waals surface area (Å²) in [4.78, 5) is 42.6. The standard InChI is InChI=1S/C20H22N4O3S/c1-3-12-4-6-13(7-5-12)15-11-28-18(21-15)22-16(25)10-24-17(26)20(2,14-8-9-14)23-19(24)27/h4-7,11,14H,3,8-10H2,1-2H3,(H,23,27)(H,21,22,25)/t20-/m0/s1. The molecular weight excluding hydrogens is 376 g/mol. The van der Waals surface area contributed by atoms with E-state index in [1.54, 1.807) is 6.92 Å². The Morgan fingerprint density at radius 1 is 1.32 bits per heavy atom. The van der Waals surface area contributed by atoms with Crippen molar-refractivity contribution in [2.45, 2.75) is 38.6 Å². The Hall–Kier alpha value is -2.74. The third-order valence-electron chi connectivity index (χ3n) is 5.41. The van der Waals surface area contributed by atoms with E-state index >= 15 is 0 Å². The summed E-state index contributed by atoms with van der Waals surface area (Å²) in [5, 5.41) is 7.74. The molecule has 1 aliphatic carbocycles. The van der Waals surface area contributed by atoms with E-state index in [2.05, 4.69) is 34.7 Å². The van der Waals surface area contributed by atoms with Gasteiger partial charge in [-0.25, -0.2) is 9.78 Å². The molecule has 0 bridgehead atoms. The van der Waals surface area contributed by atoms with Gasteiger partial charge < -0.3 is 10.6 Å². The number of carbonyl (C=O) groups is 3. The van der Waals surface area contributed by atoms with Crippen molar-refractivity contribution in [3.05, 3.63) is 35.2 Å². The number of hydrogen-bond acceptors (Lipinski definition) is 5. The molecular formula is C20H22N4O3S. The topological polar surface area (TPSA) is 91.4 Å². The van der Waals surface area contributed by atoms with Gasteiger partial charge in [0.25, 0.3) is 5.91 Å². The Balaban J connectivity index is 1.39. The van der Waals surface area contributed by atoms with Crippen molar-refractivity contribution in [3.63, 3.8) is 0 Å². The van der Waals surface area contributed by atoms with Crippen LogP contribution in [0, 0.1) is 5.92 Å². The van der Waals surface area contributed by atoms with Crippen molar-refractivity contribution in [3.8, 4) is 11.3 Å². The Morgan fingerprint density at radius 2 is 2.04 bits per heavy atom. The molecule has 4 rings (SSSR count). The summed E-state index contributed by atoms with van der Waals surface area (Å²) in [6.07, 6.45) is 2.81. The van der Waals surface area contributed by atoms with Gasteiger partial charge in [0.2, 0.25) is 5.91 Å². The minimum atomic E-state index is -0.879. The van der Waals surface area contributed by atoms with Gasteiger partial charge in [0.05, 0.1) is 5.69 Å². The van der Waals surface area contributed by atoms with Crippen molar-refractivity contribution in [1.29, 1.82) is 0 Å². The summed E-state index contributed by atoms with van der Waals surface area (Å²) in [6, 6.07) is 7.62. The molecule has 1 aromatic heterocycles. The highest BCUT2D eigenvalue weighted by Crippen LogP contribution is 2.42. The predicted molar refractivity (Wildman–Crippen MR) is 107 cm³/mol. The Morgan fingerprint density at radius 3 is 2.68 bits per heavy atom. The molecule has 1 aromatic carbocycles. The average molecular weight is 398 g/mol. The molecule has 146 valence electrons. The first-order valence-corrected chi connectivity index (χ1v) is 10.3. The Kier molecular flexibility index (Phi) is 4.66. The lowest BCUT2D eigenvalue weighted by molar-refractivity contribution is -0.134. The van der Waals surface area contributed by atoms with Crippen LogP contribution < -0.4 is 10.6 Å². The molecule has 1 aliphatic heterocycles. The number of hydrogen-bond donors (Lipinski definition) is 2. The number of amides is 4. The molecule has 0 radical (unpaired) electrons. The number of carbonyl (C=O) groups excluding carboxylic acids is 3. The molecule has 1 saturated heterocycles. The van der Waals surface area contributed by atoms with Crippen molar-refractivity contribution in [2.24, 2.45) is 5.92 Å². The van der Waals surface area contributed by atoms with Gasteiger partial charge in [-0.1, -0.05) is 31.2 Å². The molecule has 2 N–H and O–H groups in total. The first-order chi connectivity index (χ1) is 13.4. The number of thiazole rings is 1. The van der Waals surface area contributed by atoms with Crippen LogP contribution in [0.2, 0.25) is 0 Å². The van der Waals surface area contributed by atoms with Gasteiger partial charge in [0, 0.05) is 10.9 Å². The van der Waals surface area contributed by atoms with E-state index in [0.29, 0.717) is 5.13 Å². The van der Waals surface area contributed by atoms with Gasteiger partial charge in [-0.15, -0.1) is 11.3 Å². The van der Waals surface area contributed by atoms with Crippen LogP contribution in [0.5, 0.6) is 0 Å². The Labute approximate surface area is 167 Å². The average Bonchev–Trinajstić information content (AvgIpc) is 3.41. The van der Waals surface area contributed by atoms with E-state index in [0.717, 1.165) is 35.4 Å². The van der Waals surface area contributed by atoms with Crippen molar-refractivity contribution >= 4 is 34.3 Å². The van der Waals surface area contributed by atoms with E-state index in [-0.39, 0.29) is 18.4 Å². The van der Waals surface area contributed by atoms with Gasteiger partial charge in [-0.3, -0.25) is 14.5 Å². The van der Waals surface area contributed by atoms with Gasteiger partial charge >= 0.3 is 6.03 Å². The highest BCUT2D eigenvalue weighted by Gasteiger charge is 2.56. The minimum Gasteiger partial charge on any atom is -0.323 e. The second-order valence-corrected chi connectivity index (χ2v) is 8.29. The van der Waals surface area contributed by atoms with Crippen LogP contribution in [0.1, 0.15) is 32.3 Å². The molecule has 4 amide bonds. The fourth-order valence-corrected chi connectivity index (χ4v) is 4.21. The molecule has 2 aromatic rings. The molecule has 2 fully saturated rings. The van der Waals surface area contributed by atoms with Gasteiger partial charge in [0.1, 0.15) is 12.1 Å². The Bertz CT molecular complexity index is 935. The number of urea groups is 1. The summed E-state index contributed by atoms with van der Waals surface area (Å²) in [5.41, 5.74) is 2.12. The zero-order chi connectivity index (χ0) is 19.9. The smallest absolute Gasteiger partial charge is 0.323 e. The van der Waals surface area contributed by atoms with Gasteiger partial charge in [0.15, 0.2) is 5.13 Å². The van der Waals surface area contributed by atoms with Gasteiger partial charge in [-0.05, 0) is 37.7 Å². The molecule has 2 aliphatic rings. The first kappa shape index (κ1) is 18.6. The number of aryl methyl sites for hydroxylation is 1. The SMILES string of the molecule is CCc1ccc(-c2csc(NC(=O)CN3C(=O)N[C@@](C)(C4CC4)C3=O)n2)cc1. The lowest BCUT2D eigenvalue weighted by atomic mass is 9.96. The van der Waals surface area contributed by atoms with E-state index in [9.17, 15) is 14.4 Å². The number of imide groups is 1. The van der Waals surface area contributed by atoms with Crippen LogP contribution in [0.4, 0.5) is 9.93 Å². The van der Waals surface area contributed by atoms with Crippen LogP contribution >= 0.6 is 11.3 Å². The summed E-state index contributed by atoms with van der Waals surface area (Å²) in [7, 11) is 0. The highest BCUT2D eigenvalue weighted by molar-refractivity contribution is 7.14. The maximum absolute atomic E-state index is 12.6. The normalized spacial score (nSPS) is 21.7. The van der Waals surface area contributed by atoms with Crippen LogP contribution in [0.15, 0.2) is 29.6 Å². The summed E-state index contributed by atoms with van der Waals surface area (Å²) < 4.78 is 0. The summed E-state index contributed by atoms with van der Waals surface area (Å²) in [6.45, 7) is 3.52. The number of benzene rings is 1. The van der Waals surface area contributed by atoms with Crippen LogP contribution in [-0.2, 0) is 16.0 Å². The van der Waals surface area contributed by atoms with Crippen molar-refractivity contribution in [2.75, 3.05) is 11.9 Å². The summed E-state index contributed by atoms with van der Waals surface area (Å²) in [5.74, 6) is -0.602. The lowest BCUT2D eigenvalue weighted by Gasteiger charge is -2.20. The van der Waals surface area contributed by atoms with Crippen molar-refractivity contribution in [1.82, 2.24) is 15.2 Å². The van der Waals surface area contributed by atoms with Crippen molar-refractivity contribution < 1.29 is 14.4 Å². The molecule has 1 atom stereocenters. The maximum Gasteiger partial charge on any atom is 0.325 e. The van der Waals surface area contributed by atoms with E-state index in [1.165, 1.54) is 16.9 Å². The van der Waals surface area contributed by atoms with Crippen LogP contribution in [-0.4, -0.2) is 39.8 Å². The zero-order valence-corrected chi connectivity index (χ0v) is 16.6. The maximum atomic E-state index is 12.6. The van der Waals surface area contributed by atoms with E-state index in [4.69, 9.17) is 0 Å². The van der Waals surface area contributed by atoms with E-state index < -0.39 is 17.5 Å². The monoisotopic (exact) mass is 398 g/mol. The fraction of sp³-hybridized carbons (Fsp3) is 0.400. The molecule has 8 heteroatoms. The first-order valence-electron chi connectivity index (χ1n) is 9.39. The second-order valence-electron chi connectivity index (χ2n) is 7.43. The lowest BCUT2D eigenvalue weighted by Crippen LogP contribution is -2.46. The largest absolute Gasteiger partial charge is 0.325 e. The minimum absolute atomic E-state index is 0.164. The summed E-state index contributed by atoms with van der Waals surface area (Å²) >= 11 is 1.31. The predicted octanol–water partition coefficient (Wildman–Crippen LogP) is 3.03. The third-order valence-corrected chi connectivity index (χ3v) is 6.16. The molecule has 1 saturated carbocycles. The zero-order valence-electron chi connectivity index (χ0n) is 15.8. The number of nitrogens with zero attached hydrogens (tertiary/aromatic N) is 2. The van der Waals surface area contributed by atoms with Crippen LogP contribution in [0.25, 0.3) is 11.3 Å². The molecule has 28 heavy (non-hydrogen) atoms. The molecule has 7 nitrogen and oxygen atoms in total. The third kappa shape index (κ3) is 3.40. The van der Waals surface area contributed by atoms with Crippen LogP contribution in [0.3, 0.4) is 0 Å². The number of rotatable bonds is 6. The highest BCUT2D eigenvalue weighted by atomic mass is 32.1. The van der Waals surface area contributed by atoms with Gasteiger partial charge in [-0.2, -0.15) is 0 Å². The van der Waals surface area contributed by atoms with E-state index in [1.807, 2.05) is 17.5 Å². The fourth-order valence-electron chi connectivity index (χ4n) is 3.47. The number of anilines is 1. The molecule has 0 spiro atoms. The number of aromatic nitrogens is 1. The molecule has 0 unspecified atom stereocenters. The second kappa shape index (κ2) is 7.01. The molecule has 2 heterocycles. The number of nitrogens with one attached hydrogen (secondary N) is 2. The quantitative estimate of drug-likeness (QED) is 0.732.